The lowest BCUT2D eigenvalue weighted by atomic mass is 9.73. The molecule has 0 fully saturated rings. The van der Waals surface area contributed by atoms with Crippen LogP contribution in [0.25, 0.3) is 0 Å². The van der Waals surface area contributed by atoms with Crippen LogP contribution in [-0.4, -0.2) is 19.3 Å². The number of ether oxygens (including phenoxy) is 2. The number of hydrogen-bond acceptors (Lipinski definition) is 3. The summed E-state index contributed by atoms with van der Waals surface area (Å²) in [7, 11) is 2.94. The standard InChI is InChI=1S/C17H17FO3/c1-20-15-8-13(14(18)9-16(15)21-2)17(19)12-7-10-5-3-4-6-11(10)12/h3-6,8-9,12,17,19H,7H2,1-2H3. The Morgan fingerprint density at radius 1 is 1.14 bits per heavy atom. The molecule has 0 radical (unpaired) electrons. The number of benzene rings is 2. The summed E-state index contributed by atoms with van der Waals surface area (Å²) < 4.78 is 24.4. The molecule has 1 aliphatic carbocycles. The molecule has 0 saturated heterocycles. The van der Waals surface area contributed by atoms with Gasteiger partial charge in [-0.3, -0.25) is 0 Å². The summed E-state index contributed by atoms with van der Waals surface area (Å²) in [5.41, 5.74) is 2.54. The van der Waals surface area contributed by atoms with E-state index in [-0.39, 0.29) is 11.5 Å². The van der Waals surface area contributed by atoms with Crippen molar-refractivity contribution in [1.29, 1.82) is 0 Å². The molecule has 4 heteroatoms. The van der Waals surface area contributed by atoms with Crippen LogP contribution in [0.4, 0.5) is 4.39 Å². The lowest BCUT2D eigenvalue weighted by Gasteiger charge is -2.34. The Kier molecular flexibility index (Phi) is 3.55. The minimum Gasteiger partial charge on any atom is -0.493 e. The third kappa shape index (κ3) is 2.25. The monoisotopic (exact) mass is 288 g/mol. The van der Waals surface area contributed by atoms with Gasteiger partial charge in [-0.25, -0.2) is 4.39 Å². The highest BCUT2D eigenvalue weighted by atomic mass is 19.1. The van der Waals surface area contributed by atoms with Crippen molar-refractivity contribution < 1.29 is 19.0 Å². The van der Waals surface area contributed by atoms with Gasteiger partial charge >= 0.3 is 0 Å². The van der Waals surface area contributed by atoms with Crippen molar-refractivity contribution in [3.05, 3.63) is 58.9 Å². The third-order valence-electron chi connectivity index (χ3n) is 4.10. The second kappa shape index (κ2) is 5.37. The predicted octanol–water partition coefficient (Wildman–Crippen LogP) is 3.22. The number of hydrogen-bond donors (Lipinski definition) is 1. The van der Waals surface area contributed by atoms with E-state index in [0.717, 1.165) is 12.0 Å². The van der Waals surface area contributed by atoms with Gasteiger partial charge in [-0.05, 0) is 23.6 Å². The van der Waals surface area contributed by atoms with Gasteiger partial charge in [0.25, 0.3) is 0 Å². The zero-order valence-electron chi connectivity index (χ0n) is 12.0. The smallest absolute Gasteiger partial charge is 0.163 e. The van der Waals surface area contributed by atoms with Crippen LogP contribution in [0.1, 0.15) is 28.7 Å². The van der Waals surface area contributed by atoms with Crippen molar-refractivity contribution in [1.82, 2.24) is 0 Å². The SMILES string of the molecule is COc1cc(F)c(C(O)C2Cc3ccccc32)cc1OC. The lowest BCUT2D eigenvalue weighted by Crippen LogP contribution is -2.24. The molecule has 2 atom stereocenters. The Morgan fingerprint density at radius 3 is 2.48 bits per heavy atom. The van der Waals surface area contributed by atoms with Crippen LogP contribution in [-0.2, 0) is 6.42 Å². The van der Waals surface area contributed by atoms with E-state index in [4.69, 9.17) is 9.47 Å². The highest BCUT2D eigenvalue weighted by Gasteiger charge is 2.34. The summed E-state index contributed by atoms with van der Waals surface area (Å²) in [6.07, 6.45) is -0.134. The van der Waals surface area contributed by atoms with Crippen molar-refractivity contribution in [2.24, 2.45) is 0 Å². The minimum absolute atomic E-state index is 0.0752. The van der Waals surface area contributed by atoms with Gasteiger partial charge in [-0.2, -0.15) is 0 Å². The molecular formula is C17H17FO3. The summed E-state index contributed by atoms with van der Waals surface area (Å²) in [5.74, 6) is 0.179. The largest absolute Gasteiger partial charge is 0.493 e. The van der Waals surface area contributed by atoms with Crippen LogP contribution in [0.15, 0.2) is 36.4 Å². The molecule has 3 rings (SSSR count). The number of aliphatic hydroxyl groups excluding tert-OH is 1. The van der Waals surface area contributed by atoms with Gasteiger partial charge in [0.05, 0.1) is 20.3 Å². The molecular weight excluding hydrogens is 271 g/mol. The second-order valence-corrected chi connectivity index (χ2v) is 5.18. The molecule has 0 heterocycles. The fraction of sp³-hybridized carbons (Fsp3) is 0.294. The van der Waals surface area contributed by atoms with Gasteiger partial charge in [0, 0.05) is 17.5 Å². The minimum atomic E-state index is -0.889. The molecule has 2 aromatic rings. The molecule has 21 heavy (non-hydrogen) atoms. The molecule has 3 nitrogen and oxygen atoms in total. The average Bonchev–Trinajstić information content (AvgIpc) is 2.48. The van der Waals surface area contributed by atoms with E-state index in [9.17, 15) is 9.50 Å². The van der Waals surface area contributed by atoms with Crippen molar-refractivity contribution >= 4 is 0 Å². The van der Waals surface area contributed by atoms with E-state index < -0.39 is 11.9 Å². The van der Waals surface area contributed by atoms with Crippen LogP contribution in [0.3, 0.4) is 0 Å². The van der Waals surface area contributed by atoms with Gasteiger partial charge in [-0.15, -0.1) is 0 Å². The number of fused-ring (bicyclic) bond motifs is 1. The fourth-order valence-electron chi connectivity index (χ4n) is 2.89. The molecule has 0 spiro atoms. The van der Waals surface area contributed by atoms with E-state index >= 15 is 0 Å². The molecule has 0 saturated carbocycles. The van der Waals surface area contributed by atoms with Crippen molar-refractivity contribution in [3.63, 3.8) is 0 Å². The highest BCUT2D eigenvalue weighted by Crippen LogP contribution is 2.45. The molecule has 2 unspecified atom stereocenters. The molecule has 2 aromatic carbocycles. The van der Waals surface area contributed by atoms with E-state index in [0.29, 0.717) is 11.5 Å². The Hall–Kier alpha value is -2.07. The molecule has 1 aliphatic rings. The average molecular weight is 288 g/mol. The molecule has 1 N–H and O–H groups in total. The first-order chi connectivity index (χ1) is 10.2. The highest BCUT2D eigenvalue weighted by molar-refractivity contribution is 5.47. The van der Waals surface area contributed by atoms with Crippen LogP contribution >= 0.6 is 0 Å². The van der Waals surface area contributed by atoms with Crippen molar-refractivity contribution in [3.8, 4) is 11.5 Å². The van der Waals surface area contributed by atoms with E-state index in [2.05, 4.69) is 0 Å². The van der Waals surface area contributed by atoms with Gasteiger partial charge in [-0.1, -0.05) is 24.3 Å². The van der Waals surface area contributed by atoms with Gasteiger partial charge in [0.2, 0.25) is 0 Å². The van der Waals surface area contributed by atoms with E-state index in [1.165, 1.54) is 31.9 Å². The van der Waals surface area contributed by atoms with Crippen LogP contribution < -0.4 is 9.47 Å². The Labute approximate surface area is 122 Å². The summed E-state index contributed by atoms with van der Waals surface area (Å²) >= 11 is 0. The van der Waals surface area contributed by atoms with E-state index in [1.807, 2.05) is 24.3 Å². The normalized spacial score (nSPS) is 17.6. The van der Waals surface area contributed by atoms with Gasteiger partial charge < -0.3 is 14.6 Å². The van der Waals surface area contributed by atoms with Gasteiger partial charge in [0.1, 0.15) is 5.82 Å². The summed E-state index contributed by atoms with van der Waals surface area (Å²) in [6.45, 7) is 0. The molecule has 0 aromatic heterocycles. The van der Waals surface area contributed by atoms with Gasteiger partial charge in [0.15, 0.2) is 11.5 Å². The van der Waals surface area contributed by atoms with Crippen LogP contribution in [0.2, 0.25) is 0 Å². The number of aliphatic hydroxyl groups is 1. The number of methoxy groups -OCH3 is 2. The lowest BCUT2D eigenvalue weighted by molar-refractivity contribution is 0.130. The topological polar surface area (TPSA) is 38.7 Å². The van der Waals surface area contributed by atoms with Crippen molar-refractivity contribution in [2.75, 3.05) is 14.2 Å². The maximum Gasteiger partial charge on any atom is 0.163 e. The third-order valence-corrected chi connectivity index (χ3v) is 4.10. The summed E-state index contributed by atoms with van der Waals surface area (Å²) in [6, 6.07) is 10.7. The first kappa shape index (κ1) is 13.9. The Bertz CT molecular complexity index is 669. The first-order valence-electron chi connectivity index (χ1n) is 6.83. The molecule has 0 aliphatic heterocycles. The Morgan fingerprint density at radius 2 is 1.81 bits per heavy atom. The molecule has 0 amide bonds. The first-order valence-corrected chi connectivity index (χ1v) is 6.83. The summed E-state index contributed by atoms with van der Waals surface area (Å²) in [5, 5.41) is 10.5. The zero-order valence-corrected chi connectivity index (χ0v) is 12.0. The van der Waals surface area contributed by atoms with Crippen LogP contribution in [0, 0.1) is 5.82 Å². The van der Waals surface area contributed by atoms with Crippen LogP contribution in [0.5, 0.6) is 11.5 Å². The maximum absolute atomic E-state index is 14.2. The van der Waals surface area contributed by atoms with E-state index in [1.54, 1.807) is 0 Å². The number of rotatable bonds is 4. The Balaban J connectivity index is 1.94. The quantitative estimate of drug-likeness (QED) is 0.939. The molecule has 0 bridgehead atoms. The summed E-state index contributed by atoms with van der Waals surface area (Å²) in [4.78, 5) is 0. The molecule has 110 valence electrons. The fourth-order valence-corrected chi connectivity index (χ4v) is 2.89. The predicted molar refractivity (Wildman–Crippen MR) is 77.4 cm³/mol. The second-order valence-electron chi connectivity index (χ2n) is 5.18. The zero-order chi connectivity index (χ0) is 15.0. The number of halogens is 1. The van der Waals surface area contributed by atoms with Crippen molar-refractivity contribution in [2.45, 2.75) is 18.4 Å². The maximum atomic E-state index is 14.2.